The second-order valence-electron chi connectivity index (χ2n) is 16.3. The van der Waals surface area contributed by atoms with Crippen LogP contribution in [0.1, 0.15) is 32.9 Å². The highest BCUT2D eigenvalue weighted by Gasteiger charge is 2.42. The molecule has 328 valence electrons. The van der Waals surface area contributed by atoms with E-state index in [2.05, 4.69) is 0 Å². The Morgan fingerprint density at radius 3 is 1.09 bits per heavy atom. The van der Waals surface area contributed by atoms with Gasteiger partial charge >= 0.3 is 0 Å². The maximum Gasteiger partial charge on any atom is 0.237 e. The van der Waals surface area contributed by atoms with Gasteiger partial charge in [-0.3, -0.25) is 9.13 Å². The molecule has 0 radical (unpaired) electrons. The van der Waals surface area contributed by atoms with Gasteiger partial charge in [0, 0.05) is 43.9 Å². The van der Waals surface area contributed by atoms with Gasteiger partial charge < -0.3 is 4.57 Å². The molecule has 0 atom stereocenters. The molecule has 0 amide bonds. The van der Waals surface area contributed by atoms with E-state index >= 15 is 0 Å². The van der Waals surface area contributed by atoms with Gasteiger partial charge in [0.15, 0.2) is 8.07 Å². The Kier molecular flexibility index (Phi) is 5.22. The fourth-order valence-electron chi connectivity index (χ4n) is 9.94. The molecule has 14 aromatic rings. The summed E-state index contributed by atoms with van der Waals surface area (Å²) in [4.78, 5) is 10.3. The fraction of sp³-hybridized carbons (Fsp3) is 0. The molecule has 0 spiro atoms. The van der Waals surface area contributed by atoms with Gasteiger partial charge in [-0.25, -0.2) is 4.98 Å². The first-order chi connectivity index (χ1) is 44.7. The summed E-state index contributed by atoms with van der Waals surface area (Å²) >= 11 is 0. The molecule has 0 N–H and O–H groups in total. The van der Waals surface area contributed by atoms with E-state index in [1.807, 2.05) is 91.0 Å². The molecule has 0 aliphatic rings. The van der Waals surface area contributed by atoms with Gasteiger partial charge in [0.05, 0.1) is 77.4 Å². The van der Waals surface area contributed by atoms with Crippen molar-refractivity contribution >= 4 is 94.2 Å². The summed E-state index contributed by atoms with van der Waals surface area (Å²) in [6.07, 6.45) is 0. The van der Waals surface area contributed by atoms with E-state index in [-0.39, 0.29) is 49.5 Å². The van der Waals surface area contributed by atoms with Gasteiger partial charge in [0.25, 0.3) is 0 Å². The van der Waals surface area contributed by atoms with Crippen LogP contribution >= 0.6 is 0 Å². The lowest BCUT2D eigenvalue weighted by atomic mass is 10.1. The molecule has 0 saturated carbocycles. The number of nitrogens with zero attached hydrogens (tertiary/aromatic N) is 5. The van der Waals surface area contributed by atoms with Crippen molar-refractivity contribution in [3.63, 3.8) is 0 Å². The van der Waals surface area contributed by atoms with Crippen molar-refractivity contribution in [2.75, 3.05) is 0 Å². The molecule has 5 nitrogen and oxygen atoms in total. The Bertz CT molecular complexity index is 5230. The number of rotatable bonds is 8. The van der Waals surface area contributed by atoms with Crippen LogP contribution in [-0.4, -0.2) is 31.7 Å². The standard InChI is InChI=1S/C64H43N5Si/c1-4-22-44(23-5-1)70(45-24-6-2-7-25-45,46-26-8-3-9-27-46)47-40-41-62(67-56-34-16-10-28-48(56)49-29-11-17-35-57(49)67)54(42-47)55-43-63(68-58-36-18-12-30-50(58)51-31-13-19-37-59(51)68)66-64(65-55)69-60-38-20-14-32-52(60)53-33-15-21-39-61(53)69/h1-43H/i10D,11D,12D,13D,14D,15D,16D,17D,18D,19D,20D,21D,28D,29D,30D,31D,32D,33D,34D,35D,36D,37D,38D,39D. The molecule has 6 heteroatoms. The van der Waals surface area contributed by atoms with Crippen LogP contribution in [0.4, 0.5) is 0 Å². The van der Waals surface area contributed by atoms with E-state index in [1.54, 1.807) is 18.2 Å². The molecule has 0 bridgehead atoms. The van der Waals surface area contributed by atoms with Crippen LogP contribution in [-0.2, 0) is 0 Å². The third-order valence-corrected chi connectivity index (χ3v) is 17.6. The minimum atomic E-state index is -3.78. The van der Waals surface area contributed by atoms with E-state index in [4.69, 9.17) is 26.4 Å². The summed E-state index contributed by atoms with van der Waals surface area (Å²) in [5.41, 5.74) is -2.93. The van der Waals surface area contributed by atoms with Crippen LogP contribution in [0, 0.1) is 0 Å². The summed E-state index contributed by atoms with van der Waals surface area (Å²) in [7, 11) is -3.78. The lowest BCUT2D eigenvalue weighted by Gasteiger charge is -2.35. The number of hydrogen-bond acceptors (Lipinski definition) is 2. The van der Waals surface area contributed by atoms with Gasteiger partial charge in [-0.15, -0.1) is 0 Å². The van der Waals surface area contributed by atoms with Gasteiger partial charge in [0.1, 0.15) is 5.82 Å². The molecule has 0 unspecified atom stereocenters. The van der Waals surface area contributed by atoms with Crippen molar-refractivity contribution < 1.29 is 32.9 Å². The lowest BCUT2D eigenvalue weighted by Crippen LogP contribution is -2.74. The largest absolute Gasteiger partial charge is 0.309 e. The average molecular weight is 934 g/mol. The van der Waals surface area contributed by atoms with Gasteiger partial charge in [0.2, 0.25) is 5.95 Å². The zero-order valence-corrected chi connectivity index (χ0v) is 37.2. The smallest absolute Gasteiger partial charge is 0.237 e. The molecule has 70 heavy (non-hydrogen) atoms. The Hall–Kier alpha value is -9.10. The van der Waals surface area contributed by atoms with Crippen molar-refractivity contribution in [1.29, 1.82) is 0 Å². The Morgan fingerprint density at radius 2 is 0.686 bits per heavy atom. The van der Waals surface area contributed by atoms with E-state index in [0.717, 1.165) is 24.7 Å². The first-order valence-electron chi connectivity index (χ1n) is 34.0. The highest BCUT2D eigenvalue weighted by Crippen LogP contribution is 2.39. The van der Waals surface area contributed by atoms with Crippen molar-refractivity contribution in [3.05, 3.63) is 260 Å². The molecule has 4 aromatic heterocycles. The monoisotopic (exact) mass is 933 g/mol. The third-order valence-electron chi connectivity index (χ3n) is 12.8. The summed E-state index contributed by atoms with van der Waals surface area (Å²) in [6.45, 7) is 0. The van der Waals surface area contributed by atoms with Crippen LogP contribution in [0.25, 0.3) is 94.1 Å². The molecular weight excluding hydrogens is 867 g/mol. The molecule has 4 heterocycles. The molecule has 0 saturated heterocycles. The number of hydrogen-bond donors (Lipinski definition) is 0. The van der Waals surface area contributed by atoms with Crippen LogP contribution < -0.4 is 20.7 Å². The number of fused-ring (bicyclic) bond motifs is 9. The predicted octanol–water partition coefficient (Wildman–Crippen LogP) is 12.8. The minimum Gasteiger partial charge on any atom is -0.309 e. The first-order valence-corrected chi connectivity index (χ1v) is 24.0. The maximum atomic E-state index is 9.69. The predicted molar refractivity (Wildman–Crippen MR) is 294 cm³/mol. The second kappa shape index (κ2) is 16.0. The van der Waals surface area contributed by atoms with E-state index in [0.29, 0.717) is 5.19 Å². The average Bonchev–Trinajstić information content (AvgIpc) is 1.51. The summed E-state index contributed by atoms with van der Waals surface area (Å²) in [5, 5.41) is 0.916. The zero-order chi connectivity index (χ0) is 67.1. The normalized spacial score (nSPS) is 16.8. The maximum absolute atomic E-state index is 9.69. The number of aromatic nitrogens is 5. The summed E-state index contributed by atoms with van der Waals surface area (Å²) in [5.74, 6) is -1.15. The summed E-state index contributed by atoms with van der Waals surface area (Å²) in [6, 6.07) is 17.2. The van der Waals surface area contributed by atoms with Crippen molar-refractivity contribution in [1.82, 2.24) is 23.7 Å². The summed E-state index contributed by atoms with van der Waals surface area (Å²) < 4.78 is 225. The molecule has 0 aliphatic heterocycles. The van der Waals surface area contributed by atoms with Crippen LogP contribution in [0.5, 0.6) is 0 Å². The molecule has 10 aromatic carbocycles. The first kappa shape index (κ1) is 22.8. The van der Waals surface area contributed by atoms with E-state index < -0.39 is 198 Å². The third kappa shape index (κ3) is 5.97. The number of para-hydroxylation sites is 6. The van der Waals surface area contributed by atoms with E-state index in [9.17, 15) is 16.4 Å². The van der Waals surface area contributed by atoms with Gasteiger partial charge in [-0.1, -0.05) is 212 Å². The second-order valence-corrected chi connectivity index (χ2v) is 20.1. The topological polar surface area (TPSA) is 40.6 Å². The minimum absolute atomic E-state index is 0.0603. The molecular formula is C64H43N5Si. The highest BCUT2D eigenvalue weighted by atomic mass is 28.3. The van der Waals surface area contributed by atoms with Crippen molar-refractivity contribution in [2.45, 2.75) is 0 Å². The van der Waals surface area contributed by atoms with Gasteiger partial charge in [-0.2, -0.15) is 4.98 Å². The van der Waals surface area contributed by atoms with Crippen LogP contribution in [0.3, 0.4) is 0 Å². The Labute approximate surface area is 439 Å². The zero-order valence-electron chi connectivity index (χ0n) is 60.2. The number of benzene rings is 10. The molecule has 0 fully saturated rings. The quantitative estimate of drug-likeness (QED) is 0.113. The molecule has 14 rings (SSSR count). The fourth-order valence-corrected chi connectivity index (χ4v) is 14.7. The Morgan fingerprint density at radius 1 is 0.329 bits per heavy atom. The molecule has 0 aliphatic carbocycles. The van der Waals surface area contributed by atoms with E-state index in [1.165, 1.54) is 10.6 Å². The lowest BCUT2D eigenvalue weighted by molar-refractivity contribution is 0.951. The van der Waals surface area contributed by atoms with Crippen molar-refractivity contribution in [3.8, 4) is 28.7 Å². The van der Waals surface area contributed by atoms with Gasteiger partial charge in [-0.05, 0) is 63.1 Å². The highest BCUT2D eigenvalue weighted by molar-refractivity contribution is 7.20. The Balaban J connectivity index is 1.29. The van der Waals surface area contributed by atoms with Crippen LogP contribution in [0.2, 0.25) is 0 Å². The van der Waals surface area contributed by atoms with Crippen molar-refractivity contribution in [2.24, 2.45) is 0 Å². The van der Waals surface area contributed by atoms with Crippen LogP contribution in [0.15, 0.2) is 260 Å². The SMILES string of the molecule is [2H]c1c([2H])c([2H])c2c(c1[2H])c1c([2H])c([2H])c([2H])c([2H])c1n2-c1cc(-c2cc([Si](c3ccccc3)(c3ccccc3)c3ccccc3)ccc2-n2c3c([2H])c([2H])c([2H])c([2H])c3c3c([2H])c([2H])c([2H])c([2H])c32)nc(-n2c3c([2H])c([2H])c([2H])c([2H])c3c3c([2H])c([2H])c([2H])c([2H])c32)n1.